The molecule has 1 rings (SSSR count). The topological polar surface area (TPSA) is 61.9 Å². The Morgan fingerprint density at radius 1 is 1.79 bits per heavy atom. The van der Waals surface area contributed by atoms with Crippen LogP contribution in [-0.4, -0.2) is 38.8 Å². The van der Waals surface area contributed by atoms with E-state index in [1.54, 1.807) is 11.0 Å². The molecule has 14 heavy (non-hydrogen) atoms. The van der Waals surface area contributed by atoms with Crippen LogP contribution in [0.25, 0.3) is 0 Å². The van der Waals surface area contributed by atoms with Crippen LogP contribution in [0, 0.1) is 0 Å². The van der Waals surface area contributed by atoms with Gasteiger partial charge in [0.1, 0.15) is 0 Å². The van der Waals surface area contributed by atoms with Crippen molar-refractivity contribution in [3.8, 4) is 0 Å². The van der Waals surface area contributed by atoms with Gasteiger partial charge >= 0.3 is 0 Å². The van der Waals surface area contributed by atoms with Crippen LogP contribution in [0.15, 0.2) is 18.9 Å². The van der Waals surface area contributed by atoms with Crippen molar-refractivity contribution in [2.75, 3.05) is 6.54 Å². The quantitative estimate of drug-likeness (QED) is 0.722. The van der Waals surface area contributed by atoms with Gasteiger partial charge in [-0.25, -0.2) is 0 Å². The van der Waals surface area contributed by atoms with Crippen molar-refractivity contribution >= 4 is 5.91 Å². The first-order valence-corrected chi connectivity index (χ1v) is 4.44. The summed E-state index contributed by atoms with van der Waals surface area (Å²) in [4.78, 5) is 13.5. The second kappa shape index (κ2) is 4.55. The molecule has 0 aliphatic heterocycles. The van der Waals surface area contributed by atoms with Crippen molar-refractivity contribution in [2.45, 2.75) is 19.9 Å². The molecule has 5 heteroatoms. The molecule has 0 radical (unpaired) electrons. The van der Waals surface area contributed by atoms with Crippen LogP contribution in [0.4, 0.5) is 0 Å². The molecule has 0 aliphatic rings. The molecule has 0 spiro atoms. The zero-order chi connectivity index (χ0) is 10.6. The largest absolute Gasteiger partial charge is 0.331 e. The van der Waals surface area contributed by atoms with Gasteiger partial charge in [-0.3, -0.25) is 4.79 Å². The number of rotatable bonds is 4. The zero-order valence-corrected chi connectivity index (χ0v) is 8.40. The lowest BCUT2D eigenvalue weighted by molar-refractivity contribution is 0.0722. The number of H-pyrrole nitrogens is 1. The Balaban J connectivity index is 2.79. The van der Waals surface area contributed by atoms with Crippen molar-refractivity contribution in [3.05, 3.63) is 24.5 Å². The van der Waals surface area contributed by atoms with Crippen molar-refractivity contribution in [1.29, 1.82) is 0 Å². The fourth-order valence-electron chi connectivity index (χ4n) is 1.12. The van der Waals surface area contributed by atoms with Gasteiger partial charge in [-0.2, -0.15) is 15.4 Å². The normalized spacial score (nSPS) is 10.2. The number of carbonyl (C=O) groups excluding carboxylic acids is 1. The number of nitrogens with zero attached hydrogens (tertiary/aromatic N) is 3. The Bertz CT molecular complexity index is 305. The standard InChI is InChI=1S/C9H14N4O/c1-4-5-13(7(2)3)9(14)8-6-10-12-11-8/h4,6-7H,1,5H2,2-3H3,(H,10,11,12). The molecule has 0 fully saturated rings. The third-order valence-electron chi connectivity index (χ3n) is 1.84. The highest BCUT2D eigenvalue weighted by atomic mass is 16.2. The molecule has 0 saturated heterocycles. The molecule has 0 saturated carbocycles. The maximum atomic E-state index is 11.8. The van der Waals surface area contributed by atoms with Crippen molar-refractivity contribution in [3.63, 3.8) is 0 Å². The minimum atomic E-state index is -0.131. The average Bonchev–Trinajstić information content (AvgIpc) is 2.65. The molecule has 5 nitrogen and oxygen atoms in total. The Morgan fingerprint density at radius 2 is 2.50 bits per heavy atom. The van der Waals surface area contributed by atoms with Crippen LogP contribution in [-0.2, 0) is 0 Å². The van der Waals surface area contributed by atoms with Gasteiger partial charge in [-0.1, -0.05) is 6.08 Å². The lowest BCUT2D eigenvalue weighted by Gasteiger charge is -2.24. The van der Waals surface area contributed by atoms with E-state index in [4.69, 9.17) is 0 Å². The van der Waals surface area contributed by atoms with Crippen molar-refractivity contribution in [2.24, 2.45) is 0 Å². The molecule has 1 aromatic heterocycles. The SMILES string of the molecule is C=CCN(C(=O)c1cn[nH]n1)C(C)C. The number of aromatic nitrogens is 3. The predicted molar refractivity (Wildman–Crippen MR) is 52.8 cm³/mol. The third kappa shape index (κ3) is 2.18. The van der Waals surface area contributed by atoms with Gasteiger partial charge in [0, 0.05) is 12.6 Å². The molecule has 0 unspecified atom stereocenters. The molecule has 0 aliphatic carbocycles. The van der Waals surface area contributed by atoms with E-state index in [9.17, 15) is 4.79 Å². The Labute approximate surface area is 82.8 Å². The van der Waals surface area contributed by atoms with E-state index in [1.165, 1.54) is 6.20 Å². The Kier molecular flexibility index (Phi) is 3.39. The van der Waals surface area contributed by atoms with Gasteiger partial charge in [0.05, 0.1) is 6.20 Å². The molecule has 0 aromatic carbocycles. The summed E-state index contributed by atoms with van der Waals surface area (Å²) in [6, 6.07) is 0.122. The molecule has 0 atom stereocenters. The van der Waals surface area contributed by atoms with E-state index in [2.05, 4.69) is 22.0 Å². The molecule has 76 valence electrons. The van der Waals surface area contributed by atoms with Crippen LogP contribution >= 0.6 is 0 Å². The smallest absolute Gasteiger partial charge is 0.276 e. The van der Waals surface area contributed by atoms with E-state index >= 15 is 0 Å². The number of aromatic amines is 1. The molecule has 1 heterocycles. The maximum Gasteiger partial charge on any atom is 0.276 e. The first-order chi connectivity index (χ1) is 6.66. The van der Waals surface area contributed by atoms with E-state index in [0.717, 1.165) is 0 Å². The molecule has 1 N–H and O–H groups in total. The van der Waals surface area contributed by atoms with Gasteiger partial charge in [0.15, 0.2) is 5.69 Å². The summed E-state index contributed by atoms with van der Waals surface area (Å²) < 4.78 is 0. The highest BCUT2D eigenvalue weighted by Crippen LogP contribution is 2.04. The van der Waals surface area contributed by atoms with Gasteiger partial charge in [-0.15, -0.1) is 6.58 Å². The summed E-state index contributed by atoms with van der Waals surface area (Å²) in [7, 11) is 0. The lowest BCUT2D eigenvalue weighted by Crippen LogP contribution is -2.37. The Morgan fingerprint density at radius 3 is 2.93 bits per heavy atom. The average molecular weight is 194 g/mol. The van der Waals surface area contributed by atoms with E-state index in [1.807, 2.05) is 13.8 Å². The van der Waals surface area contributed by atoms with E-state index < -0.39 is 0 Å². The fourth-order valence-corrected chi connectivity index (χ4v) is 1.12. The Hall–Kier alpha value is -1.65. The van der Waals surface area contributed by atoms with Crippen LogP contribution in [0.5, 0.6) is 0 Å². The second-order valence-electron chi connectivity index (χ2n) is 3.20. The second-order valence-corrected chi connectivity index (χ2v) is 3.20. The first-order valence-electron chi connectivity index (χ1n) is 4.44. The number of carbonyl (C=O) groups is 1. The molecule has 1 amide bonds. The molecular formula is C9H14N4O. The highest BCUT2D eigenvalue weighted by molar-refractivity contribution is 5.92. The summed E-state index contributed by atoms with van der Waals surface area (Å²) in [6.45, 7) is 8.02. The summed E-state index contributed by atoms with van der Waals surface area (Å²) in [5.74, 6) is -0.131. The molecule has 0 bridgehead atoms. The lowest BCUT2D eigenvalue weighted by atomic mass is 10.3. The molecule has 1 aromatic rings. The van der Waals surface area contributed by atoms with E-state index in [0.29, 0.717) is 12.2 Å². The minimum Gasteiger partial charge on any atom is -0.331 e. The first kappa shape index (κ1) is 10.4. The monoisotopic (exact) mass is 194 g/mol. The van der Waals surface area contributed by atoms with Crippen LogP contribution < -0.4 is 0 Å². The van der Waals surface area contributed by atoms with Crippen LogP contribution in [0.3, 0.4) is 0 Å². The van der Waals surface area contributed by atoms with Gasteiger partial charge in [0.2, 0.25) is 0 Å². The predicted octanol–water partition coefficient (Wildman–Crippen LogP) is 0.841. The van der Waals surface area contributed by atoms with Gasteiger partial charge in [-0.05, 0) is 13.8 Å². The maximum absolute atomic E-state index is 11.8. The van der Waals surface area contributed by atoms with Gasteiger partial charge < -0.3 is 4.90 Å². The number of hydrogen-bond donors (Lipinski definition) is 1. The van der Waals surface area contributed by atoms with Gasteiger partial charge in [0.25, 0.3) is 5.91 Å². The number of hydrogen-bond acceptors (Lipinski definition) is 3. The fraction of sp³-hybridized carbons (Fsp3) is 0.444. The number of nitrogens with one attached hydrogen (secondary N) is 1. The summed E-state index contributed by atoms with van der Waals surface area (Å²) in [5.41, 5.74) is 0.334. The summed E-state index contributed by atoms with van der Waals surface area (Å²) in [5, 5.41) is 9.75. The summed E-state index contributed by atoms with van der Waals surface area (Å²) >= 11 is 0. The van der Waals surface area contributed by atoms with Crippen molar-refractivity contribution in [1.82, 2.24) is 20.3 Å². The third-order valence-corrected chi connectivity index (χ3v) is 1.84. The zero-order valence-electron chi connectivity index (χ0n) is 8.40. The molecular weight excluding hydrogens is 180 g/mol. The van der Waals surface area contributed by atoms with E-state index in [-0.39, 0.29) is 11.9 Å². The van der Waals surface area contributed by atoms with Crippen LogP contribution in [0.2, 0.25) is 0 Å². The number of amides is 1. The summed E-state index contributed by atoms with van der Waals surface area (Å²) in [6.07, 6.45) is 3.11. The van der Waals surface area contributed by atoms with Crippen molar-refractivity contribution < 1.29 is 4.79 Å². The minimum absolute atomic E-state index is 0.122. The van der Waals surface area contributed by atoms with Crippen LogP contribution in [0.1, 0.15) is 24.3 Å². The highest BCUT2D eigenvalue weighted by Gasteiger charge is 2.19.